The highest BCUT2D eigenvalue weighted by Gasteiger charge is 2.08. The van der Waals surface area contributed by atoms with Gasteiger partial charge in [-0.25, -0.2) is 8.78 Å². The average Bonchev–Trinajstić information content (AvgIpc) is 2.38. The fourth-order valence-electron chi connectivity index (χ4n) is 1.88. The predicted octanol–water partition coefficient (Wildman–Crippen LogP) is 3.89. The van der Waals surface area contributed by atoms with Crippen LogP contribution in [0.15, 0.2) is 36.4 Å². The average molecular weight is 263 g/mol. The van der Waals surface area contributed by atoms with Crippen LogP contribution in [-0.4, -0.2) is 7.11 Å². The Morgan fingerprint density at radius 3 is 2.37 bits per heavy atom. The molecule has 2 aromatic rings. The molecule has 100 valence electrons. The Morgan fingerprint density at radius 1 is 1.11 bits per heavy atom. The Kier molecular flexibility index (Phi) is 4.00. The van der Waals surface area contributed by atoms with E-state index in [9.17, 15) is 8.78 Å². The zero-order valence-corrected chi connectivity index (χ0v) is 10.8. The summed E-state index contributed by atoms with van der Waals surface area (Å²) in [5, 5.41) is 3.00. The standard InChI is InChI=1S/C15H15F2NO/c1-10-8-11(6-7-15(10)19-2)18-9-12-13(16)4-3-5-14(12)17/h3-8,18H,9H2,1-2H3. The summed E-state index contributed by atoms with van der Waals surface area (Å²) < 4.78 is 32.1. The maximum absolute atomic E-state index is 13.5. The Hall–Kier alpha value is -2.10. The van der Waals surface area contributed by atoms with E-state index >= 15 is 0 Å². The summed E-state index contributed by atoms with van der Waals surface area (Å²) in [5.74, 6) is -0.307. The lowest BCUT2D eigenvalue weighted by Crippen LogP contribution is -2.04. The van der Waals surface area contributed by atoms with Crippen molar-refractivity contribution in [1.82, 2.24) is 0 Å². The molecule has 0 atom stereocenters. The van der Waals surface area contributed by atoms with Gasteiger partial charge in [-0.1, -0.05) is 6.07 Å². The predicted molar refractivity (Wildman–Crippen MR) is 71.4 cm³/mol. The van der Waals surface area contributed by atoms with Crippen molar-refractivity contribution in [3.8, 4) is 5.75 Å². The van der Waals surface area contributed by atoms with Crippen molar-refractivity contribution < 1.29 is 13.5 Å². The van der Waals surface area contributed by atoms with Gasteiger partial charge < -0.3 is 10.1 Å². The van der Waals surface area contributed by atoms with Crippen molar-refractivity contribution in [3.05, 3.63) is 59.2 Å². The lowest BCUT2D eigenvalue weighted by Gasteiger charge is -2.11. The number of nitrogens with one attached hydrogen (secondary N) is 1. The second-order valence-electron chi connectivity index (χ2n) is 4.24. The first-order valence-electron chi connectivity index (χ1n) is 5.93. The lowest BCUT2D eigenvalue weighted by molar-refractivity contribution is 0.412. The first kappa shape index (κ1) is 13.3. The van der Waals surface area contributed by atoms with E-state index < -0.39 is 11.6 Å². The first-order chi connectivity index (χ1) is 9.11. The molecule has 0 radical (unpaired) electrons. The minimum atomic E-state index is -0.544. The third kappa shape index (κ3) is 3.02. The maximum atomic E-state index is 13.5. The van der Waals surface area contributed by atoms with Crippen LogP contribution >= 0.6 is 0 Å². The van der Waals surface area contributed by atoms with Crippen LogP contribution in [0.4, 0.5) is 14.5 Å². The van der Waals surface area contributed by atoms with E-state index in [1.54, 1.807) is 7.11 Å². The first-order valence-corrected chi connectivity index (χ1v) is 5.93. The topological polar surface area (TPSA) is 21.3 Å². The van der Waals surface area contributed by atoms with Gasteiger partial charge >= 0.3 is 0 Å². The van der Waals surface area contributed by atoms with Gasteiger partial charge in [0.2, 0.25) is 0 Å². The van der Waals surface area contributed by atoms with Gasteiger partial charge in [0.1, 0.15) is 17.4 Å². The number of rotatable bonds is 4. The maximum Gasteiger partial charge on any atom is 0.131 e. The summed E-state index contributed by atoms with van der Waals surface area (Å²) in [6.45, 7) is 2.01. The molecule has 0 saturated carbocycles. The van der Waals surface area contributed by atoms with Crippen LogP contribution in [0.3, 0.4) is 0 Å². The van der Waals surface area contributed by atoms with Crippen LogP contribution in [-0.2, 0) is 6.54 Å². The highest BCUT2D eigenvalue weighted by Crippen LogP contribution is 2.22. The van der Waals surface area contributed by atoms with Gasteiger partial charge in [-0.15, -0.1) is 0 Å². The van der Waals surface area contributed by atoms with Crippen molar-refractivity contribution in [2.75, 3.05) is 12.4 Å². The smallest absolute Gasteiger partial charge is 0.131 e. The summed E-state index contributed by atoms with van der Waals surface area (Å²) in [5.41, 5.74) is 1.79. The van der Waals surface area contributed by atoms with Gasteiger partial charge in [-0.2, -0.15) is 0 Å². The quantitative estimate of drug-likeness (QED) is 0.903. The molecule has 0 aliphatic carbocycles. The Balaban J connectivity index is 2.13. The van der Waals surface area contributed by atoms with Crippen molar-refractivity contribution in [2.24, 2.45) is 0 Å². The monoisotopic (exact) mass is 263 g/mol. The third-order valence-corrected chi connectivity index (χ3v) is 2.93. The number of benzene rings is 2. The molecule has 0 aliphatic heterocycles. The molecule has 0 fully saturated rings. The third-order valence-electron chi connectivity index (χ3n) is 2.93. The largest absolute Gasteiger partial charge is 0.496 e. The molecule has 0 bridgehead atoms. The van der Waals surface area contributed by atoms with Gasteiger partial charge in [0, 0.05) is 17.8 Å². The van der Waals surface area contributed by atoms with Crippen LogP contribution < -0.4 is 10.1 Å². The van der Waals surface area contributed by atoms with Crippen LogP contribution in [0.5, 0.6) is 5.75 Å². The summed E-state index contributed by atoms with van der Waals surface area (Å²) in [6, 6.07) is 9.35. The van der Waals surface area contributed by atoms with Crippen LogP contribution in [0.1, 0.15) is 11.1 Å². The van der Waals surface area contributed by atoms with Gasteiger partial charge in [0.15, 0.2) is 0 Å². The molecule has 0 unspecified atom stereocenters. The molecule has 0 aromatic heterocycles. The number of anilines is 1. The molecule has 2 aromatic carbocycles. The highest BCUT2D eigenvalue weighted by molar-refractivity contribution is 5.51. The van der Waals surface area contributed by atoms with Gasteiger partial charge in [-0.3, -0.25) is 0 Å². The molecule has 0 saturated heterocycles. The fourth-order valence-corrected chi connectivity index (χ4v) is 1.88. The molecular formula is C15H15F2NO. The minimum Gasteiger partial charge on any atom is -0.496 e. The zero-order chi connectivity index (χ0) is 13.8. The Bertz CT molecular complexity index is 564. The van der Waals surface area contributed by atoms with E-state index in [0.29, 0.717) is 0 Å². The second kappa shape index (κ2) is 5.69. The molecule has 4 heteroatoms. The number of hydrogen-bond donors (Lipinski definition) is 1. The number of methoxy groups -OCH3 is 1. The van der Waals surface area contributed by atoms with Crippen LogP contribution in [0.2, 0.25) is 0 Å². The van der Waals surface area contributed by atoms with Gasteiger partial charge in [0.05, 0.1) is 7.11 Å². The second-order valence-corrected chi connectivity index (χ2v) is 4.24. The van der Waals surface area contributed by atoms with E-state index in [-0.39, 0.29) is 12.1 Å². The number of ether oxygens (including phenoxy) is 1. The molecule has 19 heavy (non-hydrogen) atoms. The minimum absolute atomic E-state index is 0.0379. The Morgan fingerprint density at radius 2 is 1.79 bits per heavy atom. The molecular weight excluding hydrogens is 248 g/mol. The summed E-state index contributed by atoms with van der Waals surface area (Å²) in [4.78, 5) is 0. The molecule has 1 N–H and O–H groups in total. The summed E-state index contributed by atoms with van der Waals surface area (Å²) in [6.07, 6.45) is 0. The van der Waals surface area contributed by atoms with E-state index in [0.717, 1.165) is 17.0 Å². The SMILES string of the molecule is COc1ccc(NCc2c(F)cccc2F)cc1C. The molecule has 0 amide bonds. The van der Waals surface area contributed by atoms with Crippen molar-refractivity contribution >= 4 is 5.69 Å². The van der Waals surface area contributed by atoms with E-state index in [1.165, 1.54) is 18.2 Å². The lowest BCUT2D eigenvalue weighted by atomic mass is 10.1. The number of halogens is 2. The molecule has 0 heterocycles. The molecule has 2 rings (SSSR count). The number of aryl methyl sites for hydroxylation is 1. The van der Waals surface area contributed by atoms with Crippen LogP contribution in [0.25, 0.3) is 0 Å². The number of hydrogen-bond acceptors (Lipinski definition) is 2. The summed E-state index contributed by atoms with van der Waals surface area (Å²) in [7, 11) is 1.60. The Labute approximate surface area is 111 Å². The zero-order valence-electron chi connectivity index (χ0n) is 10.8. The molecule has 0 spiro atoms. The van der Waals surface area contributed by atoms with E-state index in [2.05, 4.69) is 5.32 Å². The fraction of sp³-hybridized carbons (Fsp3) is 0.200. The highest BCUT2D eigenvalue weighted by atomic mass is 19.1. The van der Waals surface area contributed by atoms with Gasteiger partial charge in [-0.05, 0) is 42.8 Å². The normalized spacial score (nSPS) is 10.3. The van der Waals surface area contributed by atoms with Crippen LogP contribution in [0, 0.1) is 18.6 Å². The van der Waals surface area contributed by atoms with Crippen molar-refractivity contribution in [3.63, 3.8) is 0 Å². The summed E-state index contributed by atoms with van der Waals surface area (Å²) >= 11 is 0. The van der Waals surface area contributed by atoms with Gasteiger partial charge in [0.25, 0.3) is 0 Å². The molecule has 0 aliphatic rings. The molecule has 2 nitrogen and oxygen atoms in total. The van der Waals surface area contributed by atoms with Crippen molar-refractivity contribution in [1.29, 1.82) is 0 Å². The van der Waals surface area contributed by atoms with E-state index in [4.69, 9.17) is 4.74 Å². The van der Waals surface area contributed by atoms with E-state index in [1.807, 2.05) is 25.1 Å². The van der Waals surface area contributed by atoms with Crippen molar-refractivity contribution in [2.45, 2.75) is 13.5 Å².